The molecule has 0 aliphatic rings. The van der Waals surface area contributed by atoms with Crippen molar-refractivity contribution in [3.05, 3.63) is 34.6 Å². The molecule has 2 nitrogen and oxygen atoms in total. The van der Waals surface area contributed by atoms with Gasteiger partial charge in [-0.3, -0.25) is 0 Å². The molecular weight excluding hydrogens is 217 g/mol. The highest BCUT2D eigenvalue weighted by molar-refractivity contribution is 5.35. The fraction of sp³-hybridized carbons (Fsp3) is 0.571. The molecule has 2 N–H and O–H groups in total. The number of halogens is 1. The van der Waals surface area contributed by atoms with Gasteiger partial charge in [0.1, 0.15) is 5.82 Å². The minimum atomic E-state index is -1.12. The molecule has 0 heterocycles. The number of nitrogens with one attached hydrogen (secondary N) is 1. The summed E-state index contributed by atoms with van der Waals surface area (Å²) in [6, 6.07) is 3.38. The van der Waals surface area contributed by atoms with Crippen molar-refractivity contribution in [1.29, 1.82) is 0 Å². The lowest BCUT2D eigenvalue weighted by Gasteiger charge is -2.26. The third kappa shape index (κ3) is 3.51. The topological polar surface area (TPSA) is 32.3 Å². The van der Waals surface area contributed by atoms with Crippen molar-refractivity contribution in [2.24, 2.45) is 0 Å². The Balaban J connectivity index is 2.97. The summed E-state index contributed by atoms with van der Waals surface area (Å²) in [6.07, 6.45) is 0.502. The molecule has 1 unspecified atom stereocenters. The van der Waals surface area contributed by atoms with Gasteiger partial charge in [-0.1, -0.05) is 13.0 Å². The molecule has 0 aromatic heterocycles. The van der Waals surface area contributed by atoms with E-state index in [9.17, 15) is 9.50 Å². The average Bonchev–Trinajstić information content (AvgIpc) is 2.15. The maximum Gasteiger partial charge on any atom is 0.129 e. The van der Waals surface area contributed by atoms with E-state index in [1.165, 1.54) is 6.07 Å². The first-order valence-electron chi connectivity index (χ1n) is 6.09. The minimum absolute atomic E-state index is 0.316. The van der Waals surface area contributed by atoms with Crippen molar-refractivity contribution >= 4 is 0 Å². The van der Waals surface area contributed by atoms with Crippen LogP contribution in [0.3, 0.4) is 0 Å². The van der Waals surface area contributed by atoms with Crippen LogP contribution in [0.1, 0.15) is 37.0 Å². The summed E-state index contributed by atoms with van der Waals surface area (Å²) in [5.74, 6) is -0.316. The second-order valence-electron chi connectivity index (χ2n) is 4.82. The van der Waals surface area contributed by atoms with Crippen LogP contribution < -0.4 is 5.32 Å². The van der Waals surface area contributed by atoms with Gasteiger partial charge in [-0.15, -0.1) is 0 Å². The Labute approximate surface area is 103 Å². The lowest BCUT2D eigenvalue weighted by atomic mass is 9.87. The highest BCUT2D eigenvalue weighted by Crippen LogP contribution is 2.30. The van der Waals surface area contributed by atoms with Crippen LogP contribution in [-0.2, 0) is 5.60 Å². The van der Waals surface area contributed by atoms with Crippen molar-refractivity contribution in [2.45, 2.75) is 39.7 Å². The number of rotatable bonds is 5. The SMILES string of the molecule is CCNCCC(C)(O)c1c(C)cc(C)cc1F. The van der Waals surface area contributed by atoms with Gasteiger partial charge >= 0.3 is 0 Å². The normalized spacial score (nSPS) is 14.7. The monoisotopic (exact) mass is 239 g/mol. The molecule has 1 aromatic rings. The van der Waals surface area contributed by atoms with Crippen molar-refractivity contribution in [1.82, 2.24) is 5.32 Å². The van der Waals surface area contributed by atoms with Gasteiger partial charge in [0.05, 0.1) is 5.60 Å². The molecule has 0 spiro atoms. The maximum absolute atomic E-state index is 13.9. The van der Waals surface area contributed by atoms with Crippen LogP contribution in [0.25, 0.3) is 0 Å². The quantitative estimate of drug-likeness (QED) is 0.774. The van der Waals surface area contributed by atoms with Gasteiger partial charge in [0.25, 0.3) is 0 Å². The molecule has 0 amide bonds. The zero-order valence-corrected chi connectivity index (χ0v) is 11.1. The molecule has 3 heteroatoms. The zero-order valence-electron chi connectivity index (χ0n) is 11.1. The molecule has 1 atom stereocenters. The molecular formula is C14H22FNO. The predicted molar refractivity (Wildman–Crippen MR) is 68.6 cm³/mol. The van der Waals surface area contributed by atoms with E-state index in [4.69, 9.17) is 0 Å². The molecule has 0 radical (unpaired) electrons. The summed E-state index contributed by atoms with van der Waals surface area (Å²) in [5.41, 5.74) is 0.987. The Morgan fingerprint density at radius 3 is 2.53 bits per heavy atom. The fourth-order valence-corrected chi connectivity index (χ4v) is 2.23. The number of aliphatic hydroxyl groups is 1. The summed E-state index contributed by atoms with van der Waals surface area (Å²) >= 11 is 0. The van der Waals surface area contributed by atoms with Crippen LogP contribution in [0.4, 0.5) is 4.39 Å². The predicted octanol–water partition coefficient (Wildman–Crippen LogP) is 2.65. The molecule has 0 bridgehead atoms. The summed E-state index contributed by atoms with van der Waals surface area (Å²) in [6.45, 7) is 8.90. The summed E-state index contributed by atoms with van der Waals surface area (Å²) in [4.78, 5) is 0. The van der Waals surface area contributed by atoms with Crippen molar-refractivity contribution in [2.75, 3.05) is 13.1 Å². The lowest BCUT2D eigenvalue weighted by Crippen LogP contribution is -2.29. The summed E-state index contributed by atoms with van der Waals surface area (Å²) in [7, 11) is 0. The highest BCUT2D eigenvalue weighted by Gasteiger charge is 2.28. The van der Waals surface area contributed by atoms with Crippen molar-refractivity contribution in [3.63, 3.8) is 0 Å². The van der Waals surface area contributed by atoms with Crippen LogP contribution in [-0.4, -0.2) is 18.2 Å². The van der Waals surface area contributed by atoms with E-state index in [2.05, 4.69) is 5.32 Å². The average molecular weight is 239 g/mol. The maximum atomic E-state index is 13.9. The Morgan fingerprint density at radius 1 is 1.35 bits per heavy atom. The number of hydrogen-bond acceptors (Lipinski definition) is 2. The fourth-order valence-electron chi connectivity index (χ4n) is 2.23. The van der Waals surface area contributed by atoms with Gasteiger partial charge in [-0.2, -0.15) is 0 Å². The molecule has 0 saturated heterocycles. The first kappa shape index (κ1) is 14.1. The van der Waals surface area contributed by atoms with E-state index < -0.39 is 5.60 Å². The van der Waals surface area contributed by atoms with E-state index in [0.717, 1.165) is 17.7 Å². The summed E-state index contributed by atoms with van der Waals surface area (Å²) < 4.78 is 13.9. The Hall–Kier alpha value is -0.930. The summed E-state index contributed by atoms with van der Waals surface area (Å²) in [5, 5.41) is 13.5. The molecule has 96 valence electrons. The Morgan fingerprint density at radius 2 is 2.00 bits per heavy atom. The molecule has 0 fully saturated rings. The molecule has 1 aromatic carbocycles. The van der Waals surface area contributed by atoms with Crippen LogP contribution >= 0.6 is 0 Å². The van der Waals surface area contributed by atoms with E-state index >= 15 is 0 Å². The third-order valence-corrected chi connectivity index (χ3v) is 3.01. The van der Waals surface area contributed by atoms with Crippen LogP contribution in [0.15, 0.2) is 12.1 Å². The van der Waals surface area contributed by atoms with E-state index in [-0.39, 0.29) is 5.82 Å². The Bertz CT molecular complexity index is 365. The first-order valence-corrected chi connectivity index (χ1v) is 6.09. The van der Waals surface area contributed by atoms with Gasteiger partial charge in [-0.05, 0) is 57.5 Å². The highest BCUT2D eigenvalue weighted by atomic mass is 19.1. The van der Waals surface area contributed by atoms with Gasteiger partial charge in [-0.25, -0.2) is 4.39 Å². The number of benzene rings is 1. The minimum Gasteiger partial charge on any atom is -0.385 e. The van der Waals surface area contributed by atoms with Gasteiger partial charge in [0.15, 0.2) is 0 Å². The molecule has 0 aliphatic carbocycles. The molecule has 0 saturated carbocycles. The van der Waals surface area contributed by atoms with Gasteiger partial charge in [0.2, 0.25) is 0 Å². The van der Waals surface area contributed by atoms with E-state index in [0.29, 0.717) is 18.5 Å². The third-order valence-electron chi connectivity index (χ3n) is 3.01. The molecule has 0 aliphatic heterocycles. The number of aryl methyl sites for hydroxylation is 2. The van der Waals surface area contributed by atoms with Crippen LogP contribution in [0, 0.1) is 19.7 Å². The second kappa shape index (κ2) is 5.61. The van der Waals surface area contributed by atoms with E-state index in [1.54, 1.807) is 6.92 Å². The molecule has 1 rings (SSSR count). The number of hydrogen-bond donors (Lipinski definition) is 2. The zero-order chi connectivity index (χ0) is 13.1. The van der Waals surface area contributed by atoms with Crippen LogP contribution in [0.5, 0.6) is 0 Å². The largest absolute Gasteiger partial charge is 0.385 e. The standard InChI is InChI=1S/C14H22FNO/c1-5-16-7-6-14(4,17)13-11(3)8-10(2)9-12(13)15/h8-9,16-17H,5-7H2,1-4H3. The molecule has 17 heavy (non-hydrogen) atoms. The first-order chi connectivity index (χ1) is 7.88. The van der Waals surface area contributed by atoms with Gasteiger partial charge in [0, 0.05) is 5.56 Å². The van der Waals surface area contributed by atoms with Gasteiger partial charge < -0.3 is 10.4 Å². The van der Waals surface area contributed by atoms with Crippen molar-refractivity contribution in [3.8, 4) is 0 Å². The van der Waals surface area contributed by atoms with E-state index in [1.807, 2.05) is 26.8 Å². The lowest BCUT2D eigenvalue weighted by molar-refractivity contribution is 0.0438. The second-order valence-corrected chi connectivity index (χ2v) is 4.82. The Kier molecular flexibility index (Phi) is 4.66. The van der Waals surface area contributed by atoms with Crippen molar-refractivity contribution < 1.29 is 9.50 Å². The van der Waals surface area contributed by atoms with Crippen LogP contribution in [0.2, 0.25) is 0 Å². The smallest absolute Gasteiger partial charge is 0.129 e.